The van der Waals surface area contributed by atoms with Crippen molar-refractivity contribution < 1.29 is 14.7 Å². The highest BCUT2D eigenvalue weighted by atomic mass is 16.4. The number of carbonyl (C=O) groups excluding carboxylic acids is 1. The molecule has 0 saturated carbocycles. The summed E-state index contributed by atoms with van der Waals surface area (Å²) < 4.78 is 1.75. The summed E-state index contributed by atoms with van der Waals surface area (Å²) in [6, 6.07) is -0.967. The molecule has 0 bridgehead atoms. The van der Waals surface area contributed by atoms with Gasteiger partial charge in [0.15, 0.2) is 0 Å². The second kappa shape index (κ2) is 6.50. The molecule has 0 aromatic carbocycles. The molecule has 106 valence electrons. The van der Waals surface area contributed by atoms with Crippen molar-refractivity contribution in [3.63, 3.8) is 0 Å². The van der Waals surface area contributed by atoms with Crippen molar-refractivity contribution in [1.29, 1.82) is 0 Å². The zero-order chi connectivity index (χ0) is 14.4. The topological polar surface area (TPSA) is 113 Å². The fourth-order valence-electron chi connectivity index (χ4n) is 1.73. The minimum atomic E-state index is -1.07. The Morgan fingerprint density at radius 3 is 2.90 bits per heavy atom. The van der Waals surface area contributed by atoms with E-state index >= 15 is 0 Å². The van der Waals surface area contributed by atoms with Crippen LogP contribution in [0, 0.1) is 0 Å². The maximum absolute atomic E-state index is 11.7. The van der Waals surface area contributed by atoms with Crippen molar-refractivity contribution in [2.75, 3.05) is 0 Å². The van der Waals surface area contributed by atoms with Crippen molar-refractivity contribution >= 4 is 11.9 Å². The Morgan fingerprint density at radius 2 is 2.30 bits per heavy atom. The number of carboxylic acids is 1. The van der Waals surface area contributed by atoms with E-state index in [0.717, 1.165) is 0 Å². The molecule has 0 aliphatic heterocycles. The number of aliphatic carboxylic acids is 1. The smallest absolute Gasteiger partial charge is 0.326 e. The first-order valence-corrected chi connectivity index (χ1v) is 6.10. The molecule has 1 atom stereocenters. The van der Waals surface area contributed by atoms with Crippen LogP contribution in [0.15, 0.2) is 31.2 Å². The van der Waals surface area contributed by atoms with Crippen molar-refractivity contribution in [2.24, 2.45) is 0 Å². The number of aromatic amines is 1. The van der Waals surface area contributed by atoms with Gasteiger partial charge in [0.2, 0.25) is 5.91 Å². The molecule has 1 unspecified atom stereocenters. The molecule has 0 aliphatic carbocycles. The van der Waals surface area contributed by atoms with E-state index in [1.54, 1.807) is 23.3 Å². The van der Waals surface area contributed by atoms with E-state index in [-0.39, 0.29) is 18.7 Å². The van der Waals surface area contributed by atoms with E-state index < -0.39 is 12.0 Å². The quantitative estimate of drug-likeness (QED) is 0.649. The number of aryl methyl sites for hydroxylation is 1. The average Bonchev–Trinajstić information content (AvgIpc) is 3.08. The summed E-state index contributed by atoms with van der Waals surface area (Å²) in [6.07, 6.45) is 8.34. The average molecular weight is 277 g/mol. The van der Waals surface area contributed by atoms with E-state index in [1.807, 2.05) is 0 Å². The number of carboxylic acid groups (broad SMARTS) is 1. The van der Waals surface area contributed by atoms with Gasteiger partial charge in [-0.3, -0.25) is 4.79 Å². The van der Waals surface area contributed by atoms with Gasteiger partial charge in [-0.25, -0.2) is 14.8 Å². The van der Waals surface area contributed by atoms with Crippen LogP contribution in [-0.4, -0.2) is 42.5 Å². The molecule has 0 saturated heterocycles. The molecule has 20 heavy (non-hydrogen) atoms. The van der Waals surface area contributed by atoms with Gasteiger partial charge in [-0.2, -0.15) is 0 Å². The van der Waals surface area contributed by atoms with Crippen LogP contribution < -0.4 is 5.32 Å². The lowest BCUT2D eigenvalue weighted by Gasteiger charge is -2.13. The predicted molar refractivity (Wildman–Crippen MR) is 68.7 cm³/mol. The summed E-state index contributed by atoms with van der Waals surface area (Å²) in [7, 11) is 0. The van der Waals surface area contributed by atoms with Crippen LogP contribution in [0.5, 0.6) is 0 Å². The van der Waals surface area contributed by atoms with Crippen LogP contribution in [-0.2, 0) is 22.6 Å². The lowest BCUT2D eigenvalue weighted by Crippen LogP contribution is -2.42. The van der Waals surface area contributed by atoms with E-state index in [4.69, 9.17) is 5.11 Å². The number of carbonyl (C=O) groups is 2. The number of nitrogens with zero attached hydrogens (tertiary/aromatic N) is 3. The van der Waals surface area contributed by atoms with Crippen molar-refractivity contribution in [2.45, 2.75) is 25.4 Å². The van der Waals surface area contributed by atoms with E-state index in [2.05, 4.69) is 20.3 Å². The highest BCUT2D eigenvalue weighted by molar-refractivity contribution is 5.83. The first kappa shape index (κ1) is 13.8. The molecule has 0 spiro atoms. The first-order valence-electron chi connectivity index (χ1n) is 6.10. The van der Waals surface area contributed by atoms with Crippen LogP contribution >= 0.6 is 0 Å². The summed E-state index contributed by atoms with van der Waals surface area (Å²) in [5, 5.41) is 11.6. The van der Waals surface area contributed by atoms with Crippen LogP contribution in [0.2, 0.25) is 0 Å². The molecule has 0 aliphatic rings. The highest BCUT2D eigenvalue weighted by Gasteiger charge is 2.20. The minimum absolute atomic E-state index is 0.173. The first-order chi connectivity index (χ1) is 9.65. The van der Waals surface area contributed by atoms with E-state index in [9.17, 15) is 9.59 Å². The summed E-state index contributed by atoms with van der Waals surface area (Å²) in [4.78, 5) is 33.4. The lowest BCUT2D eigenvalue weighted by atomic mass is 10.1. The molecular formula is C12H15N5O3. The van der Waals surface area contributed by atoms with Crippen LogP contribution in [0.4, 0.5) is 0 Å². The van der Waals surface area contributed by atoms with Gasteiger partial charge in [0.1, 0.15) is 6.04 Å². The zero-order valence-corrected chi connectivity index (χ0v) is 10.7. The molecule has 0 fully saturated rings. The Morgan fingerprint density at radius 1 is 1.45 bits per heavy atom. The normalized spacial score (nSPS) is 12.0. The molecule has 2 aromatic heterocycles. The Kier molecular flexibility index (Phi) is 4.48. The maximum atomic E-state index is 11.7. The Bertz CT molecular complexity index is 550. The number of nitrogens with one attached hydrogen (secondary N) is 2. The summed E-state index contributed by atoms with van der Waals surface area (Å²) in [6.45, 7) is 0.461. The summed E-state index contributed by atoms with van der Waals surface area (Å²) >= 11 is 0. The molecule has 1 amide bonds. The number of rotatable bonds is 7. The van der Waals surface area contributed by atoms with Crippen molar-refractivity contribution in [3.05, 3.63) is 36.9 Å². The number of imidazole rings is 2. The zero-order valence-electron chi connectivity index (χ0n) is 10.7. The number of hydrogen-bond donors (Lipinski definition) is 3. The standard InChI is InChI=1S/C12H15N5O3/c18-11(1-3-17-4-2-13-8-17)16-10(12(19)20)5-9-6-14-7-15-9/h2,4,6-8,10H,1,3,5H2,(H,14,15)(H,16,18)(H,19,20). The van der Waals surface area contributed by atoms with Crippen LogP contribution in [0.3, 0.4) is 0 Å². The van der Waals surface area contributed by atoms with Gasteiger partial charge in [-0.05, 0) is 0 Å². The molecule has 8 heteroatoms. The van der Waals surface area contributed by atoms with Gasteiger partial charge in [0.25, 0.3) is 0 Å². The minimum Gasteiger partial charge on any atom is -0.480 e. The third kappa shape index (κ3) is 3.94. The molecule has 3 N–H and O–H groups in total. The van der Waals surface area contributed by atoms with E-state index in [0.29, 0.717) is 12.2 Å². The fraction of sp³-hybridized carbons (Fsp3) is 0.333. The van der Waals surface area contributed by atoms with Gasteiger partial charge in [-0.15, -0.1) is 0 Å². The monoisotopic (exact) mass is 277 g/mol. The molecule has 2 aromatic rings. The number of aromatic nitrogens is 4. The van der Waals surface area contributed by atoms with Gasteiger partial charge < -0.3 is 20.0 Å². The summed E-state index contributed by atoms with van der Waals surface area (Å²) in [5.74, 6) is -1.39. The second-order valence-electron chi connectivity index (χ2n) is 4.29. The number of amides is 1. The second-order valence-corrected chi connectivity index (χ2v) is 4.29. The molecule has 2 heterocycles. The lowest BCUT2D eigenvalue weighted by molar-refractivity contribution is -0.141. The van der Waals surface area contributed by atoms with Crippen molar-refractivity contribution in [3.8, 4) is 0 Å². The fourth-order valence-corrected chi connectivity index (χ4v) is 1.73. The largest absolute Gasteiger partial charge is 0.480 e. The van der Waals surface area contributed by atoms with Crippen molar-refractivity contribution in [1.82, 2.24) is 24.8 Å². The molecule has 2 rings (SSSR count). The third-order valence-electron chi connectivity index (χ3n) is 2.77. The van der Waals surface area contributed by atoms with Gasteiger partial charge in [0.05, 0.1) is 12.7 Å². The van der Waals surface area contributed by atoms with Gasteiger partial charge in [-0.1, -0.05) is 0 Å². The Hall–Kier alpha value is -2.64. The van der Waals surface area contributed by atoms with E-state index in [1.165, 1.54) is 12.5 Å². The Labute approximate surface area is 114 Å². The van der Waals surface area contributed by atoms with Gasteiger partial charge >= 0.3 is 5.97 Å². The molecule has 8 nitrogen and oxygen atoms in total. The Balaban J connectivity index is 1.84. The molecular weight excluding hydrogens is 262 g/mol. The maximum Gasteiger partial charge on any atom is 0.326 e. The SMILES string of the molecule is O=C(CCn1ccnc1)NC(Cc1cnc[nH]1)C(=O)O. The van der Waals surface area contributed by atoms with Crippen LogP contribution in [0.1, 0.15) is 12.1 Å². The number of H-pyrrole nitrogens is 1. The number of hydrogen-bond acceptors (Lipinski definition) is 4. The van der Waals surface area contributed by atoms with Crippen LogP contribution in [0.25, 0.3) is 0 Å². The van der Waals surface area contributed by atoms with Gasteiger partial charge in [0, 0.05) is 43.7 Å². The summed E-state index contributed by atoms with van der Waals surface area (Å²) in [5.41, 5.74) is 0.660. The molecule has 0 radical (unpaired) electrons. The predicted octanol–water partition coefficient (Wildman–Crippen LogP) is -0.192. The third-order valence-corrected chi connectivity index (χ3v) is 2.77. The highest BCUT2D eigenvalue weighted by Crippen LogP contribution is 2.00.